The number of sulfonamides is 1. The number of nitrogens with one attached hydrogen (secondary N) is 2. The number of rotatable bonds is 8. The molecule has 0 radical (unpaired) electrons. The quantitative estimate of drug-likeness (QED) is 0.617. The van der Waals surface area contributed by atoms with Gasteiger partial charge in [-0.15, -0.1) is 0 Å². The van der Waals surface area contributed by atoms with Gasteiger partial charge in [0.15, 0.2) is 0 Å². The van der Waals surface area contributed by atoms with Crippen LogP contribution >= 0.6 is 0 Å². The topological polar surface area (TPSA) is 87.7 Å². The number of hydrogen-bond acceptors (Lipinski definition) is 5. The van der Waals surface area contributed by atoms with Crippen LogP contribution in [0.15, 0.2) is 65.6 Å². The van der Waals surface area contributed by atoms with Crippen molar-refractivity contribution in [1.29, 1.82) is 0 Å². The molecule has 8 heteroatoms. The van der Waals surface area contributed by atoms with E-state index in [9.17, 15) is 13.2 Å². The number of carbonyl (C=O) groups is 1. The van der Waals surface area contributed by atoms with Gasteiger partial charge in [0.1, 0.15) is 0 Å². The van der Waals surface area contributed by atoms with Gasteiger partial charge in [0, 0.05) is 44.3 Å². The van der Waals surface area contributed by atoms with Crippen LogP contribution in [0.25, 0.3) is 0 Å². The molecule has 0 atom stereocenters. The zero-order valence-electron chi connectivity index (χ0n) is 18.9. The molecule has 178 valence electrons. The molecule has 4 rings (SSSR count). The van der Waals surface area contributed by atoms with E-state index in [0.29, 0.717) is 52.2 Å². The highest BCUT2D eigenvalue weighted by atomic mass is 32.2. The molecule has 0 saturated carbocycles. The van der Waals surface area contributed by atoms with Gasteiger partial charge >= 0.3 is 0 Å². The zero-order chi connectivity index (χ0) is 23.2. The molecule has 2 saturated heterocycles. The summed E-state index contributed by atoms with van der Waals surface area (Å²) in [6.07, 6.45) is 3.16. The van der Waals surface area contributed by atoms with Crippen molar-refractivity contribution >= 4 is 15.9 Å². The Balaban J connectivity index is 1.25. The van der Waals surface area contributed by atoms with Crippen LogP contribution in [0.1, 0.15) is 31.2 Å². The Morgan fingerprint density at radius 2 is 1.58 bits per heavy atom. The summed E-state index contributed by atoms with van der Waals surface area (Å²) in [4.78, 5) is 15.1. The molecule has 33 heavy (non-hydrogen) atoms. The number of carbonyl (C=O) groups excluding carboxylic acids is 1. The van der Waals surface area contributed by atoms with E-state index in [1.54, 1.807) is 30.3 Å². The van der Waals surface area contributed by atoms with Gasteiger partial charge in [-0.05, 0) is 43.4 Å². The number of ether oxygens (including phenoxy) is 1. The van der Waals surface area contributed by atoms with Crippen molar-refractivity contribution in [2.24, 2.45) is 0 Å². The first-order valence-electron chi connectivity index (χ1n) is 11.7. The van der Waals surface area contributed by atoms with Crippen LogP contribution in [0.4, 0.5) is 0 Å². The van der Waals surface area contributed by atoms with Crippen molar-refractivity contribution in [2.75, 3.05) is 39.4 Å². The molecule has 0 aromatic heterocycles. The first-order chi connectivity index (χ1) is 16.0. The van der Waals surface area contributed by atoms with Gasteiger partial charge in [0.05, 0.1) is 11.4 Å². The molecule has 2 aliphatic rings. The highest BCUT2D eigenvalue weighted by Crippen LogP contribution is 2.34. The van der Waals surface area contributed by atoms with Gasteiger partial charge < -0.3 is 10.1 Å². The summed E-state index contributed by atoms with van der Waals surface area (Å²) in [6, 6.07) is 18.7. The average Bonchev–Trinajstić information content (AvgIpc) is 2.85. The lowest BCUT2D eigenvalue weighted by atomic mass is 9.74. The summed E-state index contributed by atoms with van der Waals surface area (Å²) in [5, 5.41) is 3.16. The number of piperidine rings is 1. The highest BCUT2D eigenvalue weighted by Gasteiger charge is 2.35. The molecular formula is C25H33N3O4S. The molecule has 2 aromatic rings. The predicted molar refractivity (Wildman–Crippen MR) is 127 cm³/mol. The summed E-state index contributed by atoms with van der Waals surface area (Å²) in [5.74, 6) is 0.0140. The van der Waals surface area contributed by atoms with Crippen molar-refractivity contribution in [3.8, 4) is 0 Å². The molecule has 0 unspecified atom stereocenters. The number of hydrogen-bond donors (Lipinski definition) is 2. The minimum atomic E-state index is -3.51. The predicted octanol–water partition coefficient (Wildman–Crippen LogP) is 2.29. The van der Waals surface area contributed by atoms with E-state index in [1.807, 2.05) is 18.2 Å². The molecule has 2 heterocycles. The van der Waals surface area contributed by atoms with Gasteiger partial charge in [0.25, 0.3) is 0 Å². The van der Waals surface area contributed by atoms with Crippen molar-refractivity contribution in [3.05, 3.63) is 66.2 Å². The Bertz CT molecular complexity index is 1000. The SMILES string of the molecule is O=C(CN1CCC(NS(=O)(=O)c2ccccc2)CC1)NCC1(c2ccccc2)CCOCC1. The maximum atomic E-state index is 12.7. The Morgan fingerprint density at radius 1 is 0.970 bits per heavy atom. The third-order valence-corrected chi connectivity index (χ3v) is 8.33. The molecule has 7 nitrogen and oxygen atoms in total. The molecule has 2 aromatic carbocycles. The fourth-order valence-electron chi connectivity index (χ4n) is 4.74. The average molecular weight is 472 g/mol. The van der Waals surface area contributed by atoms with Gasteiger partial charge in [-0.2, -0.15) is 0 Å². The molecule has 2 aliphatic heterocycles. The van der Waals surface area contributed by atoms with Crippen LogP contribution in [0.5, 0.6) is 0 Å². The second-order valence-corrected chi connectivity index (χ2v) is 10.7. The monoisotopic (exact) mass is 471 g/mol. The first kappa shape index (κ1) is 23.9. The van der Waals surface area contributed by atoms with E-state index in [-0.39, 0.29) is 22.3 Å². The Labute approximate surface area is 196 Å². The van der Waals surface area contributed by atoms with Crippen molar-refractivity contribution in [2.45, 2.75) is 42.0 Å². The standard InChI is InChI=1S/C25H33N3O4S/c29-24(26-20-25(13-17-32-18-14-25)21-7-3-1-4-8-21)19-28-15-11-22(12-16-28)27-33(30,31)23-9-5-2-6-10-23/h1-10,22,27H,11-20H2,(H,26,29). The first-order valence-corrected chi connectivity index (χ1v) is 13.1. The summed E-state index contributed by atoms with van der Waals surface area (Å²) in [7, 11) is -3.51. The second kappa shape index (κ2) is 10.8. The minimum Gasteiger partial charge on any atom is -0.381 e. The van der Waals surface area contributed by atoms with Crippen LogP contribution in [0.2, 0.25) is 0 Å². The van der Waals surface area contributed by atoms with Crippen molar-refractivity contribution in [3.63, 3.8) is 0 Å². The fraction of sp³-hybridized carbons (Fsp3) is 0.480. The Hall–Kier alpha value is -2.26. The van der Waals surface area contributed by atoms with E-state index in [0.717, 1.165) is 12.8 Å². The fourth-order valence-corrected chi connectivity index (χ4v) is 6.07. The molecular weight excluding hydrogens is 438 g/mol. The lowest BCUT2D eigenvalue weighted by molar-refractivity contribution is -0.123. The Kier molecular flexibility index (Phi) is 7.80. The smallest absolute Gasteiger partial charge is 0.240 e. The van der Waals surface area contributed by atoms with Crippen molar-refractivity contribution in [1.82, 2.24) is 14.9 Å². The van der Waals surface area contributed by atoms with Gasteiger partial charge in [-0.1, -0.05) is 48.5 Å². The molecule has 2 fully saturated rings. The molecule has 0 bridgehead atoms. The maximum Gasteiger partial charge on any atom is 0.240 e. The van der Waals surface area contributed by atoms with Crippen LogP contribution in [0, 0.1) is 0 Å². The van der Waals surface area contributed by atoms with Crippen LogP contribution in [-0.2, 0) is 25.0 Å². The van der Waals surface area contributed by atoms with Gasteiger partial charge in [0.2, 0.25) is 15.9 Å². The third-order valence-electron chi connectivity index (χ3n) is 6.79. The molecule has 0 spiro atoms. The molecule has 1 amide bonds. The Morgan fingerprint density at radius 3 is 2.21 bits per heavy atom. The summed E-state index contributed by atoms with van der Waals surface area (Å²) >= 11 is 0. The van der Waals surface area contributed by atoms with E-state index in [2.05, 4.69) is 27.1 Å². The summed E-state index contributed by atoms with van der Waals surface area (Å²) in [6.45, 7) is 3.72. The minimum absolute atomic E-state index is 0.0140. The van der Waals surface area contributed by atoms with E-state index in [1.165, 1.54) is 5.56 Å². The lowest BCUT2D eigenvalue weighted by Crippen LogP contribution is -2.49. The highest BCUT2D eigenvalue weighted by molar-refractivity contribution is 7.89. The molecule has 2 N–H and O–H groups in total. The normalized spacial score (nSPS) is 19.8. The number of nitrogens with zero attached hydrogens (tertiary/aromatic N) is 1. The largest absolute Gasteiger partial charge is 0.381 e. The van der Waals surface area contributed by atoms with E-state index in [4.69, 9.17) is 4.74 Å². The number of amides is 1. The van der Waals surface area contributed by atoms with E-state index < -0.39 is 10.0 Å². The summed E-state index contributed by atoms with van der Waals surface area (Å²) < 4.78 is 33.5. The number of benzene rings is 2. The van der Waals surface area contributed by atoms with Crippen LogP contribution < -0.4 is 10.0 Å². The van der Waals surface area contributed by atoms with Gasteiger partial charge in [-0.3, -0.25) is 9.69 Å². The zero-order valence-corrected chi connectivity index (χ0v) is 19.7. The van der Waals surface area contributed by atoms with Crippen molar-refractivity contribution < 1.29 is 17.9 Å². The summed E-state index contributed by atoms with van der Waals surface area (Å²) in [5.41, 5.74) is 1.16. The third kappa shape index (κ3) is 6.20. The lowest BCUT2D eigenvalue weighted by Gasteiger charge is -2.38. The molecule has 0 aliphatic carbocycles. The number of likely N-dealkylation sites (tertiary alicyclic amines) is 1. The van der Waals surface area contributed by atoms with E-state index >= 15 is 0 Å². The second-order valence-electron chi connectivity index (χ2n) is 9.02. The van der Waals surface area contributed by atoms with Gasteiger partial charge in [-0.25, -0.2) is 13.1 Å². The van der Waals surface area contributed by atoms with Crippen LogP contribution in [0.3, 0.4) is 0 Å². The maximum absolute atomic E-state index is 12.7. The van der Waals surface area contributed by atoms with Crippen LogP contribution in [-0.4, -0.2) is 64.7 Å².